The Morgan fingerprint density at radius 3 is 2.50 bits per heavy atom. The smallest absolute Gasteiger partial charge is 0.303 e. The fourth-order valence-corrected chi connectivity index (χ4v) is 1.51. The molecule has 0 rings (SSSR count). The van der Waals surface area contributed by atoms with Crippen LogP contribution in [0.4, 0.5) is 0 Å². The minimum atomic E-state index is -0.854. The lowest BCUT2D eigenvalue weighted by Crippen LogP contribution is -2.45. The second-order valence-corrected chi connectivity index (χ2v) is 5.09. The van der Waals surface area contributed by atoms with Crippen LogP contribution in [0.3, 0.4) is 0 Å². The molecule has 0 atom stereocenters. The maximum absolute atomic E-state index is 11.6. The van der Waals surface area contributed by atoms with Crippen molar-refractivity contribution in [2.45, 2.75) is 58.4 Å². The first-order valence-electron chi connectivity index (χ1n) is 6.48. The average Bonchev–Trinajstić information content (AvgIpc) is 2.26. The second kappa shape index (κ2) is 8.91. The molecule has 5 heteroatoms. The number of nitrogens with one attached hydrogen (secondary N) is 1. The van der Waals surface area contributed by atoms with Gasteiger partial charge in [-0.15, -0.1) is 0 Å². The zero-order valence-corrected chi connectivity index (χ0v) is 11.6. The van der Waals surface area contributed by atoms with E-state index in [0.29, 0.717) is 13.0 Å². The molecule has 1 amide bonds. The summed E-state index contributed by atoms with van der Waals surface area (Å²) in [5, 5.41) is 11.4. The molecule has 0 aromatic carbocycles. The fourth-order valence-electron chi connectivity index (χ4n) is 1.51. The van der Waals surface area contributed by atoms with E-state index in [1.807, 2.05) is 13.8 Å². The number of carbonyl (C=O) groups excluding carboxylic acids is 1. The van der Waals surface area contributed by atoms with E-state index in [-0.39, 0.29) is 18.9 Å². The van der Waals surface area contributed by atoms with Crippen molar-refractivity contribution in [3.8, 4) is 0 Å². The largest absolute Gasteiger partial charge is 0.481 e. The van der Waals surface area contributed by atoms with E-state index in [1.165, 1.54) is 0 Å². The lowest BCUT2D eigenvalue weighted by atomic mass is 9.98. The molecule has 5 nitrogen and oxygen atoms in total. The molecule has 2 N–H and O–H groups in total. The quantitative estimate of drug-likeness (QED) is 0.588. The Labute approximate surface area is 109 Å². The molecule has 0 saturated carbocycles. The summed E-state index contributed by atoms with van der Waals surface area (Å²) in [5.74, 6) is -1.05. The van der Waals surface area contributed by atoms with Gasteiger partial charge in [-0.05, 0) is 26.7 Å². The third-order valence-electron chi connectivity index (χ3n) is 2.57. The van der Waals surface area contributed by atoms with Crippen LogP contribution < -0.4 is 5.32 Å². The van der Waals surface area contributed by atoms with Crippen LogP contribution in [0.15, 0.2) is 0 Å². The molecule has 0 unspecified atom stereocenters. The van der Waals surface area contributed by atoms with Crippen LogP contribution in [0.1, 0.15) is 52.9 Å². The van der Waals surface area contributed by atoms with Gasteiger partial charge in [-0.25, -0.2) is 0 Å². The molecule has 106 valence electrons. The maximum atomic E-state index is 11.6. The lowest BCUT2D eigenvalue weighted by Gasteiger charge is -2.25. The third kappa shape index (κ3) is 10.1. The third-order valence-corrected chi connectivity index (χ3v) is 2.57. The molecular weight excluding hydrogens is 234 g/mol. The Morgan fingerprint density at radius 2 is 1.94 bits per heavy atom. The summed E-state index contributed by atoms with van der Waals surface area (Å²) in [6.45, 7) is 6.37. The molecule has 0 aromatic heterocycles. The summed E-state index contributed by atoms with van der Waals surface area (Å²) in [6.07, 6.45) is 3.64. The summed E-state index contributed by atoms with van der Waals surface area (Å²) in [7, 11) is 0. The molecule has 0 heterocycles. The van der Waals surface area contributed by atoms with Crippen LogP contribution in [0.2, 0.25) is 0 Å². The first-order chi connectivity index (χ1) is 8.37. The molecule has 0 saturated heterocycles. The Hall–Kier alpha value is -1.10. The summed E-state index contributed by atoms with van der Waals surface area (Å²) in [4.78, 5) is 22.0. The molecule has 0 aliphatic carbocycles. The van der Waals surface area contributed by atoms with Crippen LogP contribution in [0.25, 0.3) is 0 Å². The van der Waals surface area contributed by atoms with E-state index in [2.05, 4.69) is 12.2 Å². The molecule has 0 bridgehead atoms. The standard InChI is InChI=1S/C13H25NO4/c1-4-5-6-9-18-10-11(15)14-13(2,3)8-7-12(16)17/h4-10H2,1-3H3,(H,14,15)(H,16,17). The topological polar surface area (TPSA) is 75.6 Å². The Kier molecular flexibility index (Phi) is 8.37. The lowest BCUT2D eigenvalue weighted by molar-refractivity contribution is -0.138. The summed E-state index contributed by atoms with van der Waals surface area (Å²) in [6, 6.07) is 0. The van der Waals surface area contributed by atoms with Crippen LogP contribution in [0, 0.1) is 0 Å². The van der Waals surface area contributed by atoms with E-state index in [1.54, 1.807) is 0 Å². The number of hydrogen-bond acceptors (Lipinski definition) is 3. The van der Waals surface area contributed by atoms with Crippen molar-refractivity contribution < 1.29 is 19.4 Å². The normalized spacial score (nSPS) is 11.3. The Balaban J connectivity index is 3.74. The van der Waals surface area contributed by atoms with Gasteiger partial charge in [0.2, 0.25) is 5.91 Å². The summed E-state index contributed by atoms with van der Waals surface area (Å²) < 4.78 is 5.24. The molecule has 0 aliphatic heterocycles. The predicted molar refractivity (Wildman–Crippen MR) is 69.4 cm³/mol. The first kappa shape index (κ1) is 16.9. The molecule has 0 spiro atoms. The Bertz CT molecular complexity index is 264. The van der Waals surface area contributed by atoms with Gasteiger partial charge in [-0.1, -0.05) is 19.8 Å². The number of ether oxygens (including phenoxy) is 1. The number of aliphatic carboxylic acids is 1. The number of hydrogen-bond donors (Lipinski definition) is 2. The fraction of sp³-hybridized carbons (Fsp3) is 0.846. The van der Waals surface area contributed by atoms with Crippen molar-refractivity contribution in [3.63, 3.8) is 0 Å². The molecule has 0 aliphatic rings. The highest BCUT2D eigenvalue weighted by Crippen LogP contribution is 2.10. The number of carboxylic acid groups (broad SMARTS) is 1. The van der Waals surface area contributed by atoms with Crippen molar-refractivity contribution in [1.29, 1.82) is 0 Å². The number of unbranched alkanes of at least 4 members (excludes halogenated alkanes) is 2. The Morgan fingerprint density at radius 1 is 1.28 bits per heavy atom. The maximum Gasteiger partial charge on any atom is 0.303 e. The van der Waals surface area contributed by atoms with E-state index >= 15 is 0 Å². The molecule has 0 aromatic rings. The van der Waals surface area contributed by atoms with Crippen molar-refractivity contribution >= 4 is 11.9 Å². The van der Waals surface area contributed by atoms with Crippen molar-refractivity contribution in [2.75, 3.05) is 13.2 Å². The van der Waals surface area contributed by atoms with Crippen molar-refractivity contribution in [2.24, 2.45) is 0 Å². The van der Waals surface area contributed by atoms with Gasteiger partial charge in [0.05, 0.1) is 0 Å². The molecule has 0 fully saturated rings. The van der Waals surface area contributed by atoms with Crippen molar-refractivity contribution in [1.82, 2.24) is 5.32 Å². The highest BCUT2D eigenvalue weighted by molar-refractivity contribution is 5.78. The SMILES string of the molecule is CCCCCOCC(=O)NC(C)(C)CCC(=O)O. The van der Waals surface area contributed by atoms with E-state index in [0.717, 1.165) is 19.3 Å². The predicted octanol–water partition coefficient (Wildman–Crippen LogP) is 1.95. The highest BCUT2D eigenvalue weighted by atomic mass is 16.5. The van der Waals surface area contributed by atoms with Gasteiger partial charge in [0, 0.05) is 18.6 Å². The van der Waals surface area contributed by atoms with Crippen LogP contribution in [-0.2, 0) is 14.3 Å². The molecule has 18 heavy (non-hydrogen) atoms. The number of amides is 1. The minimum absolute atomic E-state index is 0.0419. The van der Waals surface area contributed by atoms with E-state index < -0.39 is 11.5 Å². The van der Waals surface area contributed by atoms with Crippen LogP contribution in [0.5, 0.6) is 0 Å². The number of carbonyl (C=O) groups is 2. The number of carboxylic acids is 1. The van der Waals surface area contributed by atoms with Gasteiger partial charge >= 0.3 is 5.97 Å². The second-order valence-electron chi connectivity index (χ2n) is 5.09. The number of rotatable bonds is 10. The van der Waals surface area contributed by atoms with Gasteiger partial charge in [0.15, 0.2) is 0 Å². The van der Waals surface area contributed by atoms with Gasteiger partial charge in [-0.3, -0.25) is 9.59 Å². The van der Waals surface area contributed by atoms with Gasteiger partial charge in [-0.2, -0.15) is 0 Å². The minimum Gasteiger partial charge on any atom is -0.481 e. The zero-order chi connectivity index (χ0) is 14.0. The molecule has 0 radical (unpaired) electrons. The average molecular weight is 259 g/mol. The van der Waals surface area contributed by atoms with E-state index in [4.69, 9.17) is 9.84 Å². The monoisotopic (exact) mass is 259 g/mol. The van der Waals surface area contributed by atoms with Gasteiger partial charge in [0.1, 0.15) is 6.61 Å². The van der Waals surface area contributed by atoms with Gasteiger partial charge in [0.25, 0.3) is 0 Å². The van der Waals surface area contributed by atoms with Crippen molar-refractivity contribution in [3.05, 3.63) is 0 Å². The summed E-state index contributed by atoms with van der Waals surface area (Å²) in [5.41, 5.74) is -0.512. The van der Waals surface area contributed by atoms with Crippen LogP contribution >= 0.6 is 0 Å². The highest BCUT2D eigenvalue weighted by Gasteiger charge is 2.21. The van der Waals surface area contributed by atoms with E-state index in [9.17, 15) is 9.59 Å². The summed E-state index contributed by atoms with van der Waals surface area (Å²) >= 11 is 0. The van der Waals surface area contributed by atoms with Crippen LogP contribution in [-0.4, -0.2) is 35.7 Å². The first-order valence-corrected chi connectivity index (χ1v) is 6.48. The zero-order valence-electron chi connectivity index (χ0n) is 11.6. The van der Waals surface area contributed by atoms with Gasteiger partial charge < -0.3 is 15.2 Å². The molecular formula is C13H25NO4.